The molecule has 4 fully saturated rings. The number of carbonyl (C=O) groups excluding carboxylic acids is 2. The van der Waals surface area contributed by atoms with E-state index in [-0.39, 0.29) is 33.8 Å². The molecule has 4 aliphatic carbocycles. The molecule has 2 atom stereocenters. The number of benzene rings is 1. The van der Waals surface area contributed by atoms with Gasteiger partial charge in [-0.25, -0.2) is 0 Å². The minimum atomic E-state index is -0.346. The van der Waals surface area contributed by atoms with Gasteiger partial charge in [-0.15, -0.1) is 0 Å². The molecule has 0 aliphatic heterocycles. The van der Waals surface area contributed by atoms with Gasteiger partial charge in [0.25, 0.3) is 5.91 Å². The molecular weight excluding hydrogens is 442 g/mol. The highest BCUT2D eigenvalue weighted by Crippen LogP contribution is 2.65. The minimum absolute atomic E-state index is 0.0709. The maximum Gasteiger partial charge on any atom is 0.306 e. The monoisotopic (exact) mass is 475 g/mol. The summed E-state index contributed by atoms with van der Waals surface area (Å²) in [6.45, 7) is 6.38. The van der Waals surface area contributed by atoms with Gasteiger partial charge in [-0.3, -0.25) is 9.59 Å². The van der Waals surface area contributed by atoms with Crippen molar-refractivity contribution in [2.45, 2.75) is 82.1 Å². The zero-order chi connectivity index (χ0) is 21.6. The quantitative estimate of drug-likeness (QED) is 0.404. The zero-order valence-corrected chi connectivity index (χ0v) is 20.0. The number of hydrogen-bond acceptors (Lipinski definition) is 3. The second kappa shape index (κ2) is 7.96. The van der Waals surface area contributed by atoms with E-state index >= 15 is 0 Å². The number of nitrogens with zero attached hydrogens (tertiary/aromatic N) is 1. The molecule has 30 heavy (non-hydrogen) atoms. The van der Waals surface area contributed by atoms with Gasteiger partial charge in [-0.2, -0.15) is 0 Å². The summed E-state index contributed by atoms with van der Waals surface area (Å²) in [5.74, 6) is 1.13. The normalized spacial score (nSPS) is 32.1. The standard InChI is InChI=1S/C25H34BrNO3/c1-23(2,3)27(15-18-7-5-4-6-8-18)21(28)16-30-22(29)14-24-10-19-9-20(11-24)13-25(26,12-19)17-24/h4-8,19-20H,9-17H2,1-3H3. The summed E-state index contributed by atoms with van der Waals surface area (Å²) in [7, 11) is 0. The van der Waals surface area contributed by atoms with Crippen molar-refractivity contribution in [2.75, 3.05) is 6.61 Å². The van der Waals surface area contributed by atoms with E-state index in [1.54, 1.807) is 4.90 Å². The molecule has 0 saturated heterocycles. The number of alkyl halides is 1. The van der Waals surface area contributed by atoms with Crippen LogP contribution in [0.1, 0.15) is 71.3 Å². The van der Waals surface area contributed by atoms with E-state index in [1.165, 1.54) is 19.3 Å². The second-order valence-electron chi connectivity index (χ2n) is 11.1. The van der Waals surface area contributed by atoms with Crippen LogP contribution in [-0.4, -0.2) is 33.2 Å². The molecule has 4 nitrogen and oxygen atoms in total. The maximum absolute atomic E-state index is 13.0. The second-order valence-corrected chi connectivity index (χ2v) is 12.8. The van der Waals surface area contributed by atoms with Crippen LogP contribution in [0.5, 0.6) is 0 Å². The fourth-order valence-electron chi connectivity index (χ4n) is 6.59. The van der Waals surface area contributed by atoms with Crippen LogP contribution in [0.15, 0.2) is 30.3 Å². The molecule has 0 radical (unpaired) electrons. The third-order valence-electron chi connectivity index (χ3n) is 7.28. The first-order valence-corrected chi connectivity index (χ1v) is 12.0. The molecule has 2 unspecified atom stereocenters. The van der Waals surface area contributed by atoms with E-state index in [0.29, 0.717) is 13.0 Å². The van der Waals surface area contributed by atoms with E-state index in [9.17, 15) is 9.59 Å². The Kier molecular flexibility index (Phi) is 5.80. The van der Waals surface area contributed by atoms with Crippen LogP contribution in [0, 0.1) is 17.3 Å². The van der Waals surface area contributed by atoms with Crippen molar-refractivity contribution >= 4 is 27.8 Å². The molecule has 5 heteroatoms. The number of rotatable bonds is 6. The third-order valence-corrected chi connectivity index (χ3v) is 8.21. The summed E-state index contributed by atoms with van der Waals surface area (Å²) in [5.41, 5.74) is 0.798. The fourth-order valence-corrected chi connectivity index (χ4v) is 8.10. The first-order chi connectivity index (χ1) is 14.1. The summed E-state index contributed by atoms with van der Waals surface area (Å²) in [6.07, 6.45) is 7.62. The van der Waals surface area contributed by atoms with Gasteiger partial charge in [0.2, 0.25) is 0 Å². The van der Waals surface area contributed by atoms with Gasteiger partial charge in [0, 0.05) is 16.4 Å². The molecule has 4 saturated carbocycles. The average molecular weight is 476 g/mol. The summed E-state index contributed by atoms with van der Waals surface area (Å²) in [4.78, 5) is 27.5. The lowest BCUT2D eigenvalue weighted by Gasteiger charge is -2.60. The van der Waals surface area contributed by atoms with Crippen LogP contribution >= 0.6 is 15.9 Å². The number of hydrogen-bond donors (Lipinski definition) is 0. The van der Waals surface area contributed by atoms with E-state index in [2.05, 4.69) is 15.9 Å². The highest BCUT2D eigenvalue weighted by molar-refractivity contribution is 9.10. The van der Waals surface area contributed by atoms with Crippen LogP contribution in [0.3, 0.4) is 0 Å². The maximum atomic E-state index is 13.0. The van der Waals surface area contributed by atoms with E-state index < -0.39 is 0 Å². The Balaban J connectivity index is 1.35. The Morgan fingerprint density at radius 3 is 2.30 bits per heavy atom. The Morgan fingerprint density at radius 2 is 1.73 bits per heavy atom. The van der Waals surface area contributed by atoms with Gasteiger partial charge >= 0.3 is 5.97 Å². The number of amides is 1. The molecule has 164 valence electrons. The third kappa shape index (κ3) is 4.76. The van der Waals surface area contributed by atoms with Crippen LogP contribution in [0.4, 0.5) is 0 Å². The Morgan fingerprint density at radius 1 is 1.10 bits per heavy atom. The average Bonchev–Trinajstić information content (AvgIpc) is 2.61. The van der Waals surface area contributed by atoms with Gasteiger partial charge < -0.3 is 9.64 Å². The van der Waals surface area contributed by atoms with Gasteiger partial charge in [0.1, 0.15) is 0 Å². The molecule has 4 aliphatic rings. The fraction of sp³-hybridized carbons (Fsp3) is 0.680. The van der Waals surface area contributed by atoms with Crippen molar-refractivity contribution in [2.24, 2.45) is 17.3 Å². The molecule has 5 rings (SSSR count). The van der Waals surface area contributed by atoms with Crippen LogP contribution in [-0.2, 0) is 20.9 Å². The van der Waals surface area contributed by atoms with Crippen LogP contribution in [0.2, 0.25) is 0 Å². The lowest BCUT2D eigenvalue weighted by molar-refractivity contribution is -0.159. The minimum Gasteiger partial charge on any atom is -0.456 e. The Bertz CT molecular complexity index is 786. The zero-order valence-electron chi connectivity index (χ0n) is 18.5. The molecule has 0 spiro atoms. The van der Waals surface area contributed by atoms with Gasteiger partial charge in [0.05, 0.1) is 6.42 Å². The Hall–Kier alpha value is -1.36. The SMILES string of the molecule is CC(C)(C)N(Cc1ccccc1)C(=O)COC(=O)CC12CC3CC(CC(Br)(C3)C1)C2. The lowest BCUT2D eigenvalue weighted by atomic mass is 9.49. The Labute approximate surface area is 188 Å². The van der Waals surface area contributed by atoms with Crippen LogP contribution in [0.25, 0.3) is 0 Å². The summed E-state index contributed by atoms with van der Waals surface area (Å²) >= 11 is 4.00. The van der Waals surface area contributed by atoms with Crippen molar-refractivity contribution in [3.05, 3.63) is 35.9 Å². The van der Waals surface area contributed by atoms with Crippen molar-refractivity contribution in [3.8, 4) is 0 Å². The summed E-state index contributed by atoms with van der Waals surface area (Å²) in [6, 6.07) is 9.95. The van der Waals surface area contributed by atoms with Crippen molar-refractivity contribution < 1.29 is 14.3 Å². The molecule has 0 aromatic heterocycles. The van der Waals surface area contributed by atoms with E-state index in [4.69, 9.17) is 4.74 Å². The van der Waals surface area contributed by atoms with Crippen molar-refractivity contribution in [1.82, 2.24) is 4.90 Å². The number of halogens is 1. The summed E-state index contributed by atoms with van der Waals surface area (Å²) < 4.78 is 5.77. The predicted octanol–water partition coefficient (Wildman–Crippen LogP) is 5.48. The number of carbonyl (C=O) groups is 2. The first-order valence-electron chi connectivity index (χ1n) is 11.2. The largest absolute Gasteiger partial charge is 0.456 e. The molecule has 1 amide bonds. The van der Waals surface area contributed by atoms with Gasteiger partial charge in [0.15, 0.2) is 6.61 Å². The molecule has 1 aromatic carbocycles. The van der Waals surface area contributed by atoms with E-state index in [1.807, 2.05) is 51.1 Å². The number of esters is 1. The first kappa shape index (κ1) is 21.9. The van der Waals surface area contributed by atoms with Gasteiger partial charge in [-0.1, -0.05) is 46.3 Å². The molecule has 0 N–H and O–H groups in total. The topological polar surface area (TPSA) is 46.6 Å². The van der Waals surface area contributed by atoms with Gasteiger partial charge in [-0.05, 0) is 82.1 Å². The van der Waals surface area contributed by atoms with Crippen molar-refractivity contribution in [1.29, 1.82) is 0 Å². The smallest absolute Gasteiger partial charge is 0.306 e. The highest BCUT2D eigenvalue weighted by atomic mass is 79.9. The summed E-state index contributed by atoms with van der Waals surface area (Å²) in [5, 5.41) is 0. The highest BCUT2D eigenvalue weighted by Gasteiger charge is 2.57. The number of ether oxygens (including phenoxy) is 1. The molecule has 1 aromatic rings. The van der Waals surface area contributed by atoms with Crippen LogP contribution < -0.4 is 0 Å². The molecular formula is C25H34BrNO3. The van der Waals surface area contributed by atoms with E-state index in [0.717, 1.165) is 36.7 Å². The molecule has 4 bridgehead atoms. The lowest BCUT2D eigenvalue weighted by Crippen LogP contribution is -2.53. The molecule has 0 heterocycles. The van der Waals surface area contributed by atoms with Crippen molar-refractivity contribution in [3.63, 3.8) is 0 Å². The predicted molar refractivity (Wildman–Crippen MR) is 121 cm³/mol.